The molecule has 0 bridgehead atoms. The van der Waals surface area contributed by atoms with Crippen molar-refractivity contribution in [3.63, 3.8) is 0 Å². The van der Waals surface area contributed by atoms with Gasteiger partial charge in [-0.15, -0.1) is 6.58 Å². The molecule has 0 aromatic rings. The van der Waals surface area contributed by atoms with E-state index < -0.39 is 0 Å². The lowest BCUT2D eigenvalue weighted by molar-refractivity contribution is 0.163. The molecular weight excluding hydrogens is 148 g/mol. The normalized spacial score (nSPS) is 10.8. The van der Waals surface area contributed by atoms with Gasteiger partial charge in [0.05, 0.1) is 6.61 Å². The topological polar surface area (TPSA) is 9.23 Å². The van der Waals surface area contributed by atoms with Crippen LogP contribution in [0.5, 0.6) is 0 Å². The van der Waals surface area contributed by atoms with Gasteiger partial charge in [0.25, 0.3) is 0 Å². The molecule has 0 aliphatic heterocycles. The lowest BCUT2D eigenvalue weighted by atomic mass is 10.2. The van der Waals surface area contributed by atoms with E-state index in [0.29, 0.717) is 0 Å². The fraction of sp³-hybridized carbons (Fsp3) is 0.636. The van der Waals surface area contributed by atoms with Crippen molar-refractivity contribution >= 4 is 0 Å². The molecule has 0 atom stereocenters. The molecule has 70 valence electrons. The Hall–Kier alpha value is -0.560. The first-order valence-electron chi connectivity index (χ1n) is 4.75. The SMILES string of the molecule is C=CCCCC=CCOCCC. The van der Waals surface area contributed by atoms with Crippen LogP contribution in [-0.2, 0) is 4.74 Å². The van der Waals surface area contributed by atoms with E-state index in [0.717, 1.165) is 32.5 Å². The predicted molar refractivity (Wildman–Crippen MR) is 54.3 cm³/mol. The lowest BCUT2D eigenvalue weighted by Crippen LogP contribution is -1.91. The van der Waals surface area contributed by atoms with Crippen molar-refractivity contribution < 1.29 is 4.74 Å². The fourth-order valence-corrected chi connectivity index (χ4v) is 0.862. The van der Waals surface area contributed by atoms with Gasteiger partial charge in [-0.05, 0) is 25.7 Å². The summed E-state index contributed by atoms with van der Waals surface area (Å²) in [5.41, 5.74) is 0. The van der Waals surface area contributed by atoms with E-state index in [1.807, 2.05) is 6.08 Å². The molecule has 0 aromatic carbocycles. The molecule has 0 aromatic heterocycles. The van der Waals surface area contributed by atoms with E-state index in [4.69, 9.17) is 4.74 Å². The summed E-state index contributed by atoms with van der Waals surface area (Å²) in [5.74, 6) is 0. The first kappa shape index (κ1) is 11.4. The Morgan fingerprint density at radius 2 is 2.08 bits per heavy atom. The number of unbranched alkanes of at least 4 members (excludes halogenated alkanes) is 2. The summed E-state index contributed by atoms with van der Waals surface area (Å²) in [6.45, 7) is 7.43. The van der Waals surface area contributed by atoms with Crippen LogP contribution in [0.1, 0.15) is 32.6 Å². The van der Waals surface area contributed by atoms with Gasteiger partial charge < -0.3 is 4.74 Å². The number of ether oxygens (including phenoxy) is 1. The summed E-state index contributed by atoms with van der Waals surface area (Å²) < 4.78 is 5.28. The molecule has 0 saturated carbocycles. The third-order valence-corrected chi connectivity index (χ3v) is 1.51. The summed E-state index contributed by atoms with van der Waals surface area (Å²) in [6.07, 6.45) is 10.8. The lowest BCUT2D eigenvalue weighted by Gasteiger charge is -1.95. The van der Waals surface area contributed by atoms with E-state index in [2.05, 4.69) is 25.7 Å². The quantitative estimate of drug-likeness (QED) is 0.399. The second kappa shape index (κ2) is 10.4. The van der Waals surface area contributed by atoms with E-state index in [1.54, 1.807) is 0 Å². The van der Waals surface area contributed by atoms with Gasteiger partial charge in [-0.3, -0.25) is 0 Å². The van der Waals surface area contributed by atoms with Crippen LogP contribution in [0, 0.1) is 0 Å². The summed E-state index contributed by atoms with van der Waals surface area (Å²) in [4.78, 5) is 0. The summed E-state index contributed by atoms with van der Waals surface area (Å²) in [6, 6.07) is 0. The smallest absolute Gasteiger partial charge is 0.0647 e. The van der Waals surface area contributed by atoms with Crippen molar-refractivity contribution in [3.8, 4) is 0 Å². The third-order valence-electron chi connectivity index (χ3n) is 1.51. The Balaban J connectivity index is 2.98. The van der Waals surface area contributed by atoms with Gasteiger partial charge in [0.1, 0.15) is 0 Å². The molecule has 0 N–H and O–H groups in total. The average molecular weight is 168 g/mol. The maximum atomic E-state index is 5.28. The Morgan fingerprint density at radius 1 is 1.25 bits per heavy atom. The Kier molecular flexibility index (Phi) is 9.95. The number of hydrogen-bond donors (Lipinski definition) is 0. The van der Waals surface area contributed by atoms with Gasteiger partial charge in [0.2, 0.25) is 0 Å². The summed E-state index contributed by atoms with van der Waals surface area (Å²) in [5, 5.41) is 0. The van der Waals surface area contributed by atoms with Crippen molar-refractivity contribution in [1.29, 1.82) is 0 Å². The molecule has 0 saturated heterocycles. The highest BCUT2D eigenvalue weighted by molar-refractivity contribution is 4.82. The molecule has 0 rings (SSSR count). The van der Waals surface area contributed by atoms with E-state index >= 15 is 0 Å². The zero-order valence-corrected chi connectivity index (χ0v) is 8.09. The summed E-state index contributed by atoms with van der Waals surface area (Å²) in [7, 11) is 0. The first-order valence-corrected chi connectivity index (χ1v) is 4.75. The van der Waals surface area contributed by atoms with E-state index in [-0.39, 0.29) is 0 Å². The highest BCUT2D eigenvalue weighted by Crippen LogP contribution is 1.96. The van der Waals surface area contributed by atoms with E-state index in [9.17, 15) is 0 Å². The van der Waals surface area contributed by atoms with Crippen molar-refractivity contribution in [2.75, 3.05) is 13.2 Å². The molecule has 0 radical (unpaired) electrons. The van der Waals surface area contributed by atoms with Crippen molar-refractivity contribution in [2.45, 2.75) is 32.6 Å². The average Bonchev–Trinajstić information content (AvgIpc) is 2.10. The van der Waals surface area contributed by atoms with Gasteiger partial charge >= 0.3 is 0 Å². The van der Waals surface area contributed by atoms with Gasteiger partial charge in [-0.2, -0.15) is 0 Å². The molecule has 0 aliphatic rings. The minimum atomic E-state index is 0.766. The Morgan fingerprint density at radius 3 is 2.75 bits per heavy atom. The van der Waals surface area contributed by atoms with Crippen LogP contribution in [0.4, 0.5) is 0 Å². The van der Waals surface area contributed by atoms with Gasteiger partial charge in [-0.25, -0.2) is 0 Å². The van der Waals surface area contributed by atoms with Crippen LogP contribution >= 0.6 is 0 Å². The van der Waals surface area contributed by atoms with Crippen LogP contribution < -0.4 is 0 Å². The second-order valence-electron chi connectivity index (χ2n) is 2.77. The zero-order valence-electron chi connectivity index (χ0n) is 8.09. The minimum absolute atomic E-state index is 0.766. The van der Waals surface area contributed by atoms with E-state index in [1.165, 1.54) is 6.42 Å². The Labute approximate surface area is 76.1 Å². The van der Waals surface area contributed by atoms with Crippen LogP contribution in [0.15, 0.2) is 24.8 Å². The molecule has 0 fully saturated rings. The molecule has 0 spiro atoms. The molecule has 12 heavy (non-hydrogen) atoms. The highest BCUT2D eigenvalue weighted by Gasteiger charge is 1.81. The molecule has 0 amide bonds. The number of allylic oxidation sites excluding steroid dienone is 2. The standard InChI is InChI=1S/C11H20O/c1-3-5-6-7-8-9-11-12-10-4-2/h3,8-9H,1,4-7,10-11H2,2H3. The largest absolute Gasteiger partial charge is 0.377 e. The molecular formula is C11H20O. The van der Waals surface area contributed by atoms with Crippen molar-refractivity contribution in [2.24, 2.45) is 0 Å². The molecule has 0 heterocycles. The number of hydrogen-bond acceptors (Lipinski definition) is 1. The minimum Gasteiger partial charge on any atom is -0.377 e. The molecule has 1 nitrogen and oxygen atoms in total. The maximum Gasteiger partial charge on any atom is 0.0647 e. The molecule has 1 heteroatoms. The number of rotatable bonds is 8. The van der Waals surface area contributed by atoms with Gasteiger partial charge in [0, 0.05) is 6.61 Å². The maximum absolute atomic E-state index is 5.28. The molecule has 0 aliphatic carbocycles. The van der Waals surface area contributed by atoms with Crippen molar-refractivity contribution in [3.05, 3.63) is 24.8 Å². The zero-order chi connectivity index (χ0) is 9.07. The third kappa shape index (κ3) is 9.44. The molecule has 0 unspecified atom stereocenters. The van der Waals surface area contributed by atoms with Crippen LogP contribution in [0.3, 0.4) is 0 Å². The fourth-order valence-electron chi connectivity index (χ4n) is 0.862. The predicted octanol–water partition coefficient (Wildman–Crippen LogP) is 3.33. The second-order valence-corrected chi connectivity index (χ2v) is 2.77. The van der Waals surface area contributed by atoms with Crippen LogP contribution in [-0.4, -0.2) is 13.2 Å². The highest BCUT2D eigenvalue weighted by atomic mass is 16.5. The van der Waals surface area contributed by atoms with Crippen molar-refractivity contribution in [1.82, 2.24) is 0 Å². The first-order chi connectivity index (χ1) is 5.91. The van der Waals surface area contributed by atoms with Crippen LogP contribution in [0.25, 0.3) is 0 Å². The van der Waals surface area contributed by atoms with Crippen LogP contribution in [0.2, 0.25) is 0 Å². The monoisotopic (exact) mass is 168 g/mol. The summed E-state index contributed by atoms with van der Waals surface area (Å²) >= 11 is 0. The Bertz CT molecular complexity index is 116. The van der Waals surface area contributed by atoms with Gasteiger partial charge in [-0.1, -0.05) is 25.2 Å². The van der Waals surface area contributed by atoms with Gasteiger partial charge in [0.15, 0.2) is 0 Å².